The molecular weight excluding hydrogens is 682 g/mol. The highest BCUT2D eigenvalue weighted by atomic mass is 16.5. The Kier molecular flexibility index (Phi) is 10.6. The third kappa shape index (κ3) is 8.08. The molecular formula is C38H53N7O8. The number of carbonyl (C=O) groups excluding carboxylic acids is 7. The summed E-state index contributed by atoms with van der Waals surface area (Å²) in [5.41, 5.74) is -1.64. The largest absolute Gasteiger partial charge is 0.619 e. The molecule has 6 atom stereocenters. The number of ketones is 1. The quantitative estimate of drug-likeness (QED) is 0.0771. The molecule has 2 aliphatic heterocycles. The van der Waals surface area contributed by atoms with Crippen molar-refractivity contribution in [3.8, 4) is 0 Å². The van der Waals surface area contributed by atoms with Crippen LogP contribution in [0.5, 0.6) is 0 Å². The molecule has 3 heterocycles. The third-order valence-electron chi connectivity index (χ3n) is 11.3. The monoisotopic (exact) mass is 735 g/mol. The second kappa shape index (κ2) is 14.2. The van der Waals surface area contributed by atoms with Gasteiger partial charge < -0.3 is 31.4 Å². The van der Waals surface area contributed by atoms with Gasteiger partial charge in [-0.1, -0.05) is 74.3 Å². The lowest BCUT2D eigenvalue weighted by atomic mass is 9.85. The minimum absolute atomic E-state index is 0.0196. The van der Waals surface area contributed by atoms with Gasteiger partial charge in [0, 0.05) is 19.2 Å². The molecule has 0 aromatic carbocycles. The number of likely N-dealkylation sites (tertiary alicyclic amines) is 1. The lowest BCUT2D eigenvalue weighted by Crippen LogP contribution is -2.63. The van der Waals surface area contributed by atoms with Gasteiger partial charge in [-0.3, -0.25) is 33.7 Å². The molecule has 0 bridgehead atoms. The van der Waals surface area contributed by atoms with E-state index in [-0.39, 0.29) is 53.9 Å². The van der Waals surface area contributed by atoms with Crippen LogP contribution in [0.25, 0.3) is 0 Å². The number of pyridine rings is 1. The maximum atomic E-state index is 14.5. The van der Waals surface area contributed by atoms with Crippen molar-refractivity contribution in [2.75, 3.05) is 19.6 Å². The molecule has 2 aliphatic carbocycles. The van der Waals surface area contributed by atoms with Crippen LogP contribution in [0.15, 0.2) is 31.1 Å². The normalized spacial score (nSPS) is 23.3. The second-order valence-corrected chi connectivity index (χ2v) is 17.7. The molecule has 1 aromatic rings. The summed E-state index contributed by atoms with van der Waals surface area (Å²) in [5, 5.41) is 22.8. The maximum absolute atomic E-state index is 14.5. The molecule has 53 heavy (non-hydrogen) atoms. The fourth-order valence-corrected chi connectivity index (χ4v) is 7.65. The molecule has 2 saturated carbocycles. The number of piperidine rings is 1. The molecule has 15 heteroatoms. The number of hydrogen-bond acceptors (Lipinski definition) is 8. The first-order chi connectivity index (χ1) is 24.6. The Balaban J connectivity index is 1.32. The highest BCUT2D eigenvalue weighted by molar-refractivity contribution is 6.38. The first kappa shape index (κ1) is 39.4. The highest BCUT2D eigenvalue weighted by Gasteiger charge is 2.70. The van der Waals surface area contributed by atoms with Gasteiger partial charge >= 0.3 is 6.03 Å². The number of Topliss-reactive ketones (excluding diaryl/α,β-unsaturated/α-hetero) is 1. The number of rotatable bonds is 13. The van der Waals surface area contributed by atoms with Crippen molar-refractivity contribution in [1.29, 1.82) is 0 Å². The van der Waals surface area contributed by atoms with E-state index in [0.29, 0.717) is 11.2 Å². The van der Waals surface area contributed by atoms with Crippen LogP contribution in [0.3, 0.4) is 0 Å². The standard InChI is InChI=1S/C38H53N7O8/c1-10-14-39-31(48)28(46)24(16-20-11-12-20)40-30(47)27-26-23(38(26,8)9)18-44(27)34(51)29(37(5,6)7)42-35(52)41-25(36(2,3)4)19-45-32(49)21-13-15-43(53)17-22(21)33(45)50/h10,13,15,17,20,23-27,29H,1,11-12,14,16,18-19H2,2-9H3,(H,39,48)(H,40,47)(H2,41,42,52)/t23-,24?,25+,26-,27-,29+/m0/s1. The first-order valence-electron chi connectivity index (χ1n) is 18.3. The first-order valence-corrected chi connectivity index (χ1v) is 18.3. The molecule has 1 saturated heterocycles. The van der Waals surface area contributed by atoms with Gasteiger partial charge in [0.25, 0.3) is 17.7 Å². The predicted molar refractivity (Wildman–Crippen MR) is 193 cm³/mol. The molecule has 5 rings (SSSR count). The van der Waals surface area contributed by atoms with E-state index in [0.717, 1.165) is 30.1 Å². The van der Waals surface area contributed by atoms with Crippen molar-refractivity contribution in [1.82, 2.24) is 31.1 Å². The summed E-state index contributed by atoms with van der Waals surface area (Å²) in [6.07, 6.45) is 5.76. The Labute approximate surface area is 310 Å². The molecule has 3 fully saturated rings. The zero-order chi connectivity index (χ0) is 39.4. The molecule has 4 aliphatic rings. The lowest BCUT2D eigenvalue weighted by Gasteiger charge is -2.39. The number of urea groups is 1. The van der Waals surface area contributed by atoms with E-state index >= 15 is 0 Å². The Morgan fingerprint density at radius 3 is 2.23 bits per heavy atom. The zero-order valence-electron chi connectivity index (χ0n) is 31.9. The van der Waals surface area contributed by atoms with Gasteiger partial charge in [-0.15, -0.1) is 6.58 Å². The van der Waals surface area contributed by atoms with Gasteiger partial charge in [0.2, 0.25) is 17.6 Å². The average molecular weight is 736 g/mol. The molecule has 288 valence electrons. The molecule has 1 unspecified atom stereocenters. The lowest BCUT2D eigenvalue weighted by molar-refractivity contribution is -0.605. The Morgan fingerprint density at radius 2 is 1.64 bits per heavy atom. The third-order valence-corrected chi connectivity index (χ3v) is 11.3. The number of nitrogens with one attached hydrogen (secondary N) is 4. The Hall–Kier alpha value is -4.82. The number of nitrogens with zero attached hydrogens (tertiary/aromatic N) is 3. The minimum atomic E-state index is -1.10. The van der Waals surface area contributed by atoms with Gasteiger partial charge in [0.15, 0.2) is 12.4 Å². The number of fused-ring (bicyclic) bond motifs is 2. The van der Waals surface area contributed by atoms with Crippen LogP contribution in [0.1, 0.15) is 95.4 Å². The van der Waals surface area contributed by atoms with Gasteiger partial charge in [-0.05, 0) is 40.4 Å². The van der Waals surface area contributed by atoms with Crippen molar-refractivity contribution < 1.29 is 38.3 Å². The SMILES string of the molecule is C=CCNC(=O)C(=O)C(CC1CC1)NC(=O)[C@@H]1[C@@H]2[C@H](CN1C(=O)[C@@H](NC(=O)N[C@H](CN1C(=O)c3cc[n+]([O-])cc3C1=O)C(C)(C)C)C(C)(C)C)C2(C)C. The van der Waals surface area contributed by atoms with Crippen LogP contribution in [0.2, 0.25) is 0 Å². The van der Waals surface area contributed by atoms with Crippen LogP contribution >= 0.6 is 0 Å². The van der Waals surface area contributed by atoms with Crippen molar-refractivity contribution in [3.05, 3.63) is 47.4 Å². The summed E-state index contributed by atoms with van der Waals surface area (Å²) in [5.74, 6) is -3.72. The van der Waals surface area contributed by atoms with Crippen LogP contribution in [0.4, 0.5) is 4.79 Å². The molecule has 7 amide bonds. The van der Waals surface area contributed by atoms with Crippen LogP contribution in [-0.4, -0.2) is 95.0 Å². The fraction of sp³-hybridized carbons (Fsp3) is 0.632. The van der Waals surface area contributed by atoms with Gasteiger partial charge in [0.05, 0.1) is 24.2 Å². The van der Waals surface area contributed by atoms with Crippen molar-refractivity contribution >= 4 is 41.4 Å². The number of imide groups is 1. The van der Waals surface area contributed by atoms with Crippen molar-refractivity contribution in [2.45, 2.75) is 98.8 Å². The molecule has 0 radical (unpaired) electrons. The van der Waals surface area contributed by atoms with E-state index in [1.165, 1.54) is 17.0 Å². The summed E-state index contributed by atoms with van der Waals surface area (Å²) in [7, 11) is 0. The van der Waals surface area contributed by atoms with Gasteiger partial charge in [-0.2, -0.15) is 4.73 Å². The Bertz CT molecular complexity index is 1720. The van der Waals surface area contributed by atoms with E-state index in [2.05, 4.69) is 27.8 Å². The van der Waals surface area contributed by atoms with Gasteiger partial charge in [-0.25, -0.2) is 4.79 Å². The molecule has 15 nitrogen and oxygen atoms in total. The fourth-order valence-electron chi connectivity index (χ4n) is 7.65. The van der Waals surface area contributed by atoms with Gasteiger partial charge in [0.1, 0.15) is 17.6 Å². The Morgan fingerprint density at radius 1 is 1.00 bits per heavy atom. The zero-order valence-corrected chi connectivity index (χ0v) is 31.9. The maximum Gasteiger partial charge on any atom is 0.315 e. The van der Waals surface area contributed by atoms with E-state index in [9.17, 15) is 38.8 Å². The minimum Gasteiger partial charge on any atom is -0.619 e. The molecule has 0 spiro atoms. The summed E-state index contributed by atoms with van der Waals surface area (Å²) in [4.78, 5) is 96.9. The number of aromatic nitrogens is 1. The number of carbonyl (C=O) groups is 7. The smallest absolute Gasteiger partial charge is 0.315 e. The summed E-state index contributed by atoms with van der Waals surface area (Å²) in [6.45, 7) is 18.7. The summed E-state index contributed by atoms with van der Waals surface area (Å²) < 4.78 is 0.444. The highest BCUT2D eigenvalue weighted by Crippen LogP contribution is 2.65. The van der Waals surface area contributed by atoms with Crippen LogP contribution < -0.4 is 26.0 Å². The predicted octanol–water partition coefficient (Wildman–Crippen LogP) is 1.68. The summed E-state index contributed by atoms with van der Waals surface area (Å²) in [6, 6.07) is -3.25. The van der Waals surface area contributed by atoms with Crippen molar-refractivity contribution in [2.24, 2.45) is 34.0 Å². The molecule has 1 aromatic heterocycles. The van der Waals surface area contributed by atoms with E-state index in [1.807, 2.05) is 34.6 Å². The van der Waals surface area contributed by atoms with E-state index < -0.39 is 76.3 Å². The summed E-state index contributed by atoms with van der Waals surface area (Å²) >= 11 is 0. The van der Waals surface area contributed by atoms with Crippen LogP contribution in [-0.2, 0) is 19.2 Å². The number of amides is 7. The van der Waals surface area contributed by atoms with Crippen molar-refractivity contribution in [3.63, 3.8) is 0 Å². The van der Waals surface area contributed by atoms with E-state index in [4.69, 9.17) is 0 Å². The average Bonchev–Trinajstić information content (AvgIpc) is 3.89. The second-order valence-electron chi connectivity index (χ2n) is 17.7. The van der Waals surface area contributed by atoms with Crippen LogP contribution in [0, 0.1) is 39.2 Å². The number of hydrogen-bond donors (Lipinski definition) is 4. The molecule has 4 N–H and O–H groups in total. The van der Waals surface area contributed by atoms with E-state index in [1.54, 1.807) is 20.8 Å². The topological polar surface area (TPSA) is 201 Å².